The van der Waals surface area contributed by atoms with Gasteiger partial charge in [0, 0.05) is 22.7 Å². The van der Waals surface area contributed by atoms with Crippen LogP contribution in [0.1, 0.15) is 22.3 Å². The van der Waals surface area contributed by atoms with Crippen LogP contribution < -0.4 is 14.4 Å². The molecule has 1 unspecified atom stereocenters. The largest absolute Gasteiger partial charge is 0.454 e. The zero-order chi connectivity index (χ0) is 21.4. The van der Waals surface area contributed by atoms with Gasteiger partial charge in [0.1, 0.15) is 0 Å². The van der Waals surface area contributed by atoms with E-state index >= 15 is 0 Å². The number of hydrogen-bond donors (Lipinski definition) is 0. The van der Waals surface area contributed by atoms with Crippen molar-refractivity contribution in [1.29, 1.82) is 0 Å². The molecule has 1 atom stereocenters. The van der Waals surface area contributed by atoms with Crippen molar-refractivity contribution in [2.24, 2.45) is 5.92 Å². The lowest BCUT2D eigenvalue weighted by atomic mass is 9.86. The van der Waals surface area contributed by atoms with E-state index in [0.29, 0.717) is 29.5 Å². The summed E-state index contributed by atoms with van der Waals surface area (Å²) >= 11 is 6.52. The quantitative estimate of drug-likeness (QED) is 0.523. The normalized spacial score (nSPS) is 16.9. The Balaban J connectivity index is 1.45. The maximum absolute atomic E-state index is 13.6. The van der Waals surface area contributed by atoms with Crippen LogP contribution in [0.15, 0.2) is 67.2 Å². The summed E-state index contributed by atoms with van der Waals surface area (Å²) in [5, 5.41) is 0.566. The van der Waals surface area contributed by atoms with Gasteiger partial charge in [0.15, 0.2) is 11.5 Å². The Bertz CT molecular complexity index is 1160. The Labute approximate surface area is 186 Å². The molecule has 0 N–H and O–H groups in total. The molecule has 31 heavy (non-hydrogen) atoms. The number of ether oxygens (including phenoxy) is 2. The number of rotatable bonds is 5. The number of benzene rings is 3. The molecule has 0 saturated carbocycles. The van der Waals surface area contributed by atoms with Gasteiger partial charge in [0.25, 0.3) is 0 Å². The van der Waals surface area contributed by atoms with Crippen molar-refractivity contribution in [2.75, 3.05) is 11.7 Å². The first-order valence-electron chi connectivity index (χ1n) is 10.3. The summed E-state index contributed by atoms with van der Waals surface area (Å²) < 4.78 is 10.9. The molecular weight excluding hydrogens is 410 g/mol. The average molecular weight is 432 g/mol. The summed E-state index contributed by atoms with van der Waals surface area (Å²) in [4.78, 5) is 15.4. The monoisotopic (exact) mass is 431 g/mol. The summed E-state index contributed by atoms with van der Waals surface area (Å²) in [6, 6.07) is 19.9. The van der Waals surface area contributed by atoms with Crippen molar-refractivity contribution in [3.05, 3.63) is 94.5 Å². The molecule has 0 spiro atoms. The number of carbonyl (C=O) groups is 1. The van der Waals surface area contributed by atoms with Gasteiger partial charge in [-0.2, -0.15) is 0 Å². The molecular formula is C26H22ClNO3. The molecule has 0 aromatic heterocycles. The van der Waals surface area contributed by atoms with Crippen molar-refractivity contribution < 1.29 is 14.3 Å². The Kier molecular flexibility index (Phi) is 5.16. The molecule has 2 aliphatic heterocycles. The first-order chi connectivity index (χ1) is 15.1. The first kappa shape index (κ1) is 19.7. The molecule has 0 aliphatic carbocycles. The van der Waals surface area contributed by atoms with Crippen LogP contribution in [0.5, 0.6) is 11.5 Å². The molecule has 4 nitrogen and oxygen atoms in total. The van der Waals surface area contributed by atoms with Gasteiger partial charge in [-0.05, 0) is 47.2 Å². The molecule has 0 radical (unpaired) electrons. The van der Waals surface area contributed by atoms with Gasteiger partial charge in [0.2, 0.25) is 12.7 Å². The average Bonchev–Trinajstić information content (AvgIpc) is 3.24. The molecule has 0 bridgehead atoms. The number of halogens is 1. The van der Waals surface area contributed by atoms with Crippen molar-refractivity contribution in [2.45, 2.75) is 19.4 Å². The van der Waals surface area contributed by atoms with Gasteiger partial charge in [-0.3, -0.25) is 4.79 Å². The van der Waals surface area contributed by atoms with Crippen LogP contribution in [-0.4, -0.2) is 12.7 Å². The molecule has 3 aromatic rings. The van der Waals surface area contributed by atoms with Crippen molar-refractivity contribution >= 4 is 29.3 Å². The summed E-state index contributed by atoms with van der Waals surface area (Å²) in [5.74, 6) is 1.29. The second-order valence-electron chi connectivity index (χ2n) is 7.90. The van der Waals surface area contributed by atoms with Gasteiger partial charge >= 0.3 is 0 Å². The van der Waals surface area contributed by atoms with Gasteiger partial charge in [-0.15, -0.1) is 0 Å². The maximum atomic E-state index is 13.6. The molecule has 0 saturated heterocycles. The van der Waals surface area contributed by atoms with E-state index in [2.05, 4.69) is 24.8 Å². The van der Waals surface area contributed by atoms with E-state index < -0.39 is 0 Å². The van der Waals surface area contributed by atoms with Gasteiger partial charge < -0.3 is 14.4 Å². The van der Waals surface area contributed by atoms with E-state index in [1.54, 1.807) is 6.07 Å². The number of amides is 1. The molecule has 5 rings (SSSR count). The topological polar surface area (TPSA) is 38.8 Å². The van der Waals surface area contributed by atoms with Crippen LogP contribution in [-0.2, 0) is 24.2 Å². The number of para-hydroxylation sites is 1. The number of hydrogen-bond acceptors (Lipinski definition) is 3. The van der Waals surface area contributed by atoms with Crippen molar-refractivity contribution in [1.82, 2.24) is 0 Å². The fourth-order valence-corrected chi connectivity index (χ4v) is 4.50. The summed E-state index contributed by atoms with van der Waals surface area (Å²) in [7, 11) is 0. The van der Waals surface area contributed by atoms with Gasteiger partial charge in [-0.25, -0.2) is 0 Å². The molecule has 2 heterocycles. The number of fused-ring (bicyclic) bond motifs is 2. The predicted molar refractivity (Wildman–Crippen MR) is 123 cm³/mol. The van der Waals surface area contributed by atoms with Crippen LogP contribution in [0.2, 0.25) is 5.02 Å². The highest BCUT2D eigenvalue weighted by atomic mass is 35.5. The smallest absolute Gasteiger partial charge is 0.231 e. The highest BCUT2D eigenvalue weighted by molar-refractivity contribution is 6.31. The standard InChI is InChI=1S/C26H22ClNO3/c1-2-17-7-9-18(10-8-17)11-20-12-19-5-3-4-6-23(19)28(26(20)29)15-21-13-24-25(14-22(21)27)31-16-30-24/h2-10,13-14,20H,1,11-12,15-16H2. The van der Waals surface area contributed by atoms with Gasteiger partial charge in [0.05, 0.1) is 6.54 Å². The number of nitrogens with zero attached hydrogens (tertiary/aromatic N) is 1. The highest BCUT2D eigenvalue weighted by Gasteiger charge is 2.33. The SMILES string of the molecule is C=Cc1ccc(CC2Cc3ccccc3N(Cc3cc4c(cc3Cl)OCO4)C2=O)cc1. The lowest BCUT2D eigenvalue weighted by Crippen LogP contribution is -2.41. The van der Waals surface area contributed by atoms with Crippen molar-refractivity contribution in [3.8, 4) is 11.5 Å². The number of carbonyl (C=O) groups excluding carboxylic acids is 1. The maximum Gasteiger partial charge on any atom is 0.231 e. The summed E-state index contributed by atoms with van der Waals surface area (Å²) in [5.41, 5.74) is 5.17. The van der Waals surface area contributed by atoms with Crippen LogP contribution in [0.3, 0.4) is 0 Å². The van der Waals surface area contributed by atoms with Crippen molar-refractivity contribution in [3.63, 3.8) is 0 Å². The summed E-state index contributed by atoms with van der Waals surface area (Å²) in [6.07, 6.45) is 3.24. The van der Waals surface area contributed by atoms with E-state index in [4.69, 9.17) is 21.1 Å². The third-order valence-electron chi connectivity index (χ3n) is 5.93. The Hall–Kier alpha value is -3.24. The van der Waals surface area contributed by atoms with E-state index in [1.165, 1.54) is 5.56 Å². The fraction of sp³-hybridized carbons (Fsp3) is 0.192. The third-order valence-corrected chi connectivity index (χ3v) is 6.28. The molecule has 2 aliphatic rings. The lowest BCUT2D eigenvalue weighted by Gasteiger charge is -2.34. The van der Waals surface area contributed by atoms with Crippen LogP contribution >= 0.6 is 11.6 Å². The molecule has 156 valence electrons. The van der Waals surface area contributed by atoms with Crippen LogP contribution in [0, 0.1) is 5.92 Å². The zero-order valence-corrected chi connectivity index (χ0v) is 17.8. The van der Waals surface area contributed by atoms with E-state index in [0.717, 1.165) is 28.8 Å². The third kappa shape index (κ3) is 3.79. The molecule has 1 amide bonds. The van der Waals surface area contributed by atoms with E-state index in [-0.39, 0.29) is 18.6 Å². The Morgan fingerprint density at radius 3 is 2.58 bits per heavy atom. The molecule has 5 heteroatoms. The second-order valence-corrected chi connectivity index (χ2v) is 8.31. The molecule has 3 aromatic carbocycles. The summed E-state index contributed by atoms with van der Waals surface area (Å²) in [6.45, 7) is 4.38. The number of anilines is 1. The predicted octanol–water partition coefficient (Wildman–Crippen LogP) is 5.66. The second kappa shape index (κ2) is 8.12. The highest BCUT2D eigenvalue weighted by Crippen LogP contribution is 2.39. The molecule has 0 fully saturated rings. The first-order valence-corrected chi connectivity index (χ1v) is 10.7. The lowest BCUT2D eigenvalue weighted by molar-refractivity contribution is -0.122. The zero-order valence-electron chi connectivity index (χ0n) is 17.0. The minimum atomic E-state index is -0.128. The Morgan fingerprint density at radius 1 is 1.06 bits per heavy atom. The minimum Gasteiger partial charge on any atom is -0.454 e. The van der Waals surface area contributed by atoms with E-state index in [9.17, 15) is 4.79 Å². The minimum absolute atomic E-state index is 0.111. The van der Waals surface area contributed by atoms with Crippen LogP contribution in [0.4, 0.5) is 5.69 Å². The van der Waals surface area contributed by atoms with E-state index in [1.807, 2.05) is 47.4 Å². The Morgan fingerprint density at radius 2 is 1.81 bits per heavy atom. The van der Waals surface area contributed by atoms with Gasteiger partial charge in [-0.1, -0.05) is 66.7 Å². The fourth-order valence-electron chi connectivity index (χ4n) is 4.29. The van der Waals surface area contributed by atoms with Crippen LogP contribution in [0.25, 0.3) is 6.08 Å².